The molecule has 2 rings (SSSR count). The Balaban J connectivity index is 2.00. The molecule has 2 aromatic rings. The van der Waals surface area contributed by atoms with Gasteiger partial charge in [0.25, 0.3) is 0 Å². The normalized spacial score (nSPS) is 11.6. The van der Waals surface area contributed by atoms with E-state index in [1.54, 1.807) is 18.2 Å². The number of urea groups is 1. The van der Waals surface area contributed by atoms with Gasteiger partial charge in [-0.05, 0) is 49.1 Å². The van der Waals surface area contributed by atoms with Crippen molar-refractivity contribution in [2.24, 2.45) is 0 Å². The Morgan fingerprint density at radius 3 is 2.35 bits per heavy atom. The number of carbonyl (C=O) groups excluding carboxylic acids is 2. The summed E-state index contributed by atoms with van der Waals surface area (Å²) in [6.45, 7) is 3.92. The first-order valence-corrected chi connectivity index (χ1v) is 7.35. The van der Waals surface area contributed by atoms with E-state index in [9.17, 15) is 14.7 Å². The van der Waals surface area contributed by atoms with Gasteiger partial charge in [-0.25, -0.2) is 4.79 Å². The lowest BCUT2D eigenvalue weighted by atomic mass is 10.1. The molecule has 5 heteroatoms. The van der Waals surface area contributed by atoms with E-state index in [-0.39, 0.29) is 6.42 Å². The summed E-state index contributed by atoms with van der Waals surface area (Å²) in [6.07, 6.45) is 0.170. The fourth-order valence-electron chi connectivity index (χ4n) is 2.19. The van der Waals surface area contributed by atoms with Gasteiger partial charge in [0, 0.05) is 5.69 Å². The monoisotopic (exact) mass is 311 g/mol. The van der Waals surface area contributed by atoms with E-state index in [0.717, 1.165) is 16.7 Å². The van der Waals surface area contributed by atoms with Gasteiger partial charge < -0.3 is 20.5 Å². The topological polar surface area (TPSA) is 81.3 Å². The minimum absolute atomic E-state index is 0.170. The number of aliphatic carboxylic acids is 1. The zero-order chi connectivity index (χ0) is 16.8. The molecule has 2 amide bonds. The molecule has 0 aromatic heterocycles. The minimum Gasteiger partial charge on any atom is -0.548 e. The van der Waals surface area contributed by atoms with Crippen molar-refractivity contribution in [2.45, 2.75) is 26.3 Å². The van der Waals surface area contributed by atoms with Gasteiger partial charge in [-0.15, -0.1) is 0 Å². The molecular formula is C18H19N2O3-. The van der Waals surface area contributed by atoms with Crippen molar-refractivity contribution in [1.29, 1.82) is 0 Å². The lowest BCUT2D eigenvalue weighted by molar-refractivity contribution is -0.308. The average Bonchev–Trinajstić information content (AvgIpc) is 2.51. The van der Waals surface area contributed by atoms with E-state index in [4.69, 9.17) is 0 Å². The summed E-state index contributed by atoms with van der Waals surface area (Å²) in [7, 11) is 0. The lowest BCUT2D eigenvalue weighted by Gasteiger charge is -2.20. The van der Waals surface area contributed by atoms with Crippen LogP contribution < -0.4 is 15.7 Å². The molecule has 0 spiro atoms. The van der Waals surface area contributed by atoms with Crippen molar-refractivity contribution in [3.05, 3.63) is 65.2 Å². The fourth-order valence-corrected chi connectivity index (χ4v) is 2.19. The molecule has 0 heterocycles. The molecule has 5 nitrogen and oxygen atoms in total. The minimum atomic E-state index is -1.32. The Morgan fingerprint density at radius 1 is 1.04 bits per heavy atom. The summed E-state index contributed by atoms with van der Waals surface area (Å²) in [6, 6.07) is 12.9. The van der Waals surface area contributed by atoms with Gasteiger partial charge in [0.2, 0.25) is 0 Å². The van der Waals surface area contributed by atoms with E-state index in [2.05, 4.69) is 10.6 Å². The van der Waals surface area contributed by atoms with Crippen molar-refractivity contribution >= 4 is 17.7 Å². The zero-order valence-corrected chi connectivity index (χ0v) is 13.1. The van der Waals surface area contributed by atoms with Crippen LogP contribution in [0.5, 0.6) is 0 Å². The summed E-state index contributed by atoms with van der Waals surface area (Å²) < 4.78 is 0. The summed E-state index contributed by atoms with van der Waals surface area (Å²) >= 11 is 0. The molecule has 0 aliphatic heterocycles. The van der Waals surface area contributed by atoms with Crippen LogP contribution in [0, 0.1) is 13.8 Å². The van der Waals surface area contributed by atoms with E-state index in [0.29, 0.717) is 5.69 Å². The highest BCUT2D eigenvalue weighted by atomic mass is 16.4. The van der Waals surface area contributed by atoms with Crippen LogP contribution in [0.1, 0.15) is 16.7 Å². The lowest BCUT2D eigenvalue weighted by Crippen LogP contribution is -2.50. The molecule has 2 aromatic carbocycles. The predicted molar refractivity (Wildman–Crippen MR) is 87.0 cm³/mol. The number of rotatable bonds is 5. The highest BCUT2D eigenvalue weighted by molar-refractivity contribution is 5.92. The van der Waals surface area contributed by atoms with Gasteiger partial charge in [-0.3, -0.25) is 0 Å². The SMILES string of the molecule is Cc1ccc(NC(=O)N[C@@H](Cc2ccccc2)C(=O)[O-])cc1C. The Morgan fingerprint density at radius 2 is 1.74 bits per heavy atom. The van der Waals surface area contributed by atoms with E-state index < -0.39 is 18.0 Å². The average molecular weight is 311 g/mol. The Kier molecular flexibility index (Phi) is 5.36. The second-order valence-corrected chi connectivity index (χ2v) is 5.46. The molecule has 120 valence electrons. The number of carboxylic acids is 1. The van der Waals surface area contributed by atoms with Crippen LogP contribution in [0.15, 0.2) is 48.5 Å². The van der Waals surface area contributed by atoms with Crippen LogP contribution in [-0.4, -0.2) is 18.0 Å². The second-order valence-electron chi connectivity index (χ2n) is 5.46. The molecule has 0 radical (unpaired) electrons. The predicted octanol–water partition coefficient (Wildman–Crippen LogP) is 1.79. The van der Waals surface area contributed by atoms with Crippen LogP contribution in [-0.2, 0) is 11.2 Å². The molecule has 2 N–H and O–H groups in total. The number of amides is 2. The number of hydrogen-bond donors (Lipinski definition) is 2. The third-order valence-electron chi connectivity index (χ3n) is 3.64. The van der Waals surface area contributed by atoms with Crippen LogP contribution >= 0.6 is 0 Å². The molecule has 0 aliphatic rings. The maximum absolute atomic E-state index is 12.0. The zero-order valence-electron chi connectivity index (χ0n) is 13.1. The van der Waals surface area contributed by atoms with Gasteiger partial charge in [0.1, 0.15) is 0 Å². The number of benzene rings is 2. The summed E-state index contributed by atoms with van der Waals surface area (Å²) in [5, 5.41) is 16.3. The molecule has 0 aliphatic carbocycles. The number of hydrogen-bond acceptors (Lipinski definition) is 3. The van der Waals surface area contributed by atoms with Crippen molar-refractivity contribution in [1.82, 2.24) is 5.32 Å². The first-order valence-electron chi connectivity index (χ1n) is 7.35. The Hall–Kier alpha value is -2.82. The third kappa shape index (κ3) is 4.85. The molecule has 0 saturated heterocycles. The maximum atomic E-state index is 12.0. The number of nitrogens with one attached hydrogen (secondary N) is 2. The third-order valence-corrected chi connectivity index (χ3v) is 3.64. The molecule has 0 unspecified atom stereocenters. The maximum Gasteiger partial charge on any atom is 0.319 e. The van der Waals surface area contributed by atoms with Gasteiger partial charge in [0.05, 0.1) is 12.0 Å². The Labute approximate surface area is 135 Å². The van der Waals surface area contributed by atoms with Gasteiger partial charge >= 0.3 is 6.03 Å². The van der Waals surface area contributed by atoms with Crippen LogP contribution in [0.25, 0.3) is 0 Å². The molecule has 0 bridgehead atoms. The van der Waals surface area contributed by atoms with Crippen LogP contribution in [0.4, 0.5) is 10.5 Å². The second kappa shape index (κ2) is 7.45. The molecule has 0 saturated carbocycles. The summed E-state index contributed by atoms with van der Waals surface area (Å²) in [5.74, 6) is -1.32. The van der Waals surface area contributed by atoms with E-state index >= 15 is 0 Å². The highest BCUT2D eigenvalue weighted by Gasteiger charge is 2.14. The number of carboxylic acid groups (broad SMARTS) is 1. The quantitative estimate of drug-likeness (QED) is 0.883. The number of anilines is 1. The standard InChI is InChI=1S/C18H20N2O3/c1-12-8-9-15(10-13(12)2)19-18(23)20-16(17(21)22)11-14-6-4-3-5-7-14/h3-10,16H,11H2,1-2H3,(H,21,22)(H2,19,20,23)/p-1/t16-/m0/s1. The van der Waals surface area contributed by atoms with Crippen LogP contribution in [0.3, 0.4) is 0 Å². The first-order chi connectivity index (χ1) is 11.0. The van der Waals surface area contributed by atoms with E-state index in [1.807, 2.05) is 44.2 Å². The molecular weight excluding hydrogens is 292 g/mol. The van der Waals surface area contributed by atoms with Crippen molar-refractivity contribution in [2.75, 3.05) is 5.32 Å². The van der Waals surface area contributed by atoms with Gasteiger partial charge in [0.15, 0.2) is 0 Å². The number of aryl methyl sites for hydroxylation is 2. The van der Waals surface area contributed by atoms with E-state index in [1.165, 1.54) is 0 Å². The van der Waals surface area contributed by atoms with Crippen molar-refractivity contribution in [3.63, 3.8) is 0 Å². The molecule has 0 fully saturated rings. The fraction of sp³-hybridized carbons (Fsp3) is 0.222. The highest BCUT2D eigenvalue weighted by Crippen LogP contribution is 2.14. The summed E-state index contributed by atoms with van der Waals surface area (Å²) in [5.41, 5.74) is 3.59. The largest absolute Gasteiger partial charge is 0.548 e. The smallest absolute Gasteiger partial charge is 0.319 e. The molecule has 1 atom stereocenters. The van der Waals surface area contributed by atoms with Gasteiger partial charge in [-0.2, -0.15) is 0 Å². The summed E-state index contributed by atoms with van der Waals surface area (Å²) in [4.78, 5) is 23.2. The molecule has 23 heavy (non-hydrogen) atoms. The number of carbonyl (C=O) groups is 2. The van der Waals surface area contributed by atoms with Gasteiger partial charge in [-0.1, -0.05) is 36.4 Å². The van der Waals surface area contributed by atoms with Crippen LogP contribution in [0.2, 0.25) is 0 Å². The first kappa shape index (κ1) is 16.5. The van der Waals surface area contributed by atoms with Crippen molar-refractivity contribution in [3.8, 4) is 0 Å². The van der Waals surface area contributed by atoms with Crippen molar-refractivity contribution < 1.29 is 14.7 Å². The Bertz CT molecular complexity index is 699.